The van der Waals surface area contributed by atoms with Crippen LogP contribution in [0.25, 0.3) is 0 Å². The van der Waals surface area contributed by atoms with Gasteiger partial charge in [0.1, 0.15) is 5.75 Å². The molecule has 2 aromatic rings. The van der Waals surface area contributed by atoms with Gasteiger partial charge in [-0.15, -0.1) is 0 Å². The Labute approximate surface area is 166 Å². The molecule has 0 unspecified atom stereocenters. The molecule has 0 N–H and O–H groups in total. The monoisotopic (exact) mass is 380 g/mol. The minimum absolute atomic E-state index is 0.0793. The highest BCUT2D eigenvalue weighted by Gasteiger charge is 2.40. The van der Waals surface area contributed by atoms with Gasteiger partial charge in [0.25, 0.3) is 0 Å². The molecule has 28 heavy (non-hydrogen) atoms. The van der Waals surface area contributed by atoms with Gasteiger partial charge in [0, 0.05) is 26.6 Å². The van der Waals surface area contributed by atoms with Gasteiger partial charge in [0.2, 0.25) is 11.8 Å². The molecule has 148 valence electrons. The summed E-state index contributed by atoms with van der Waals surface area (Å²) in [5, 5.41) is 0. The Bertz CT molecular complexity index is 804. The van der Waals surface area contributed by atoms with Gasteiger partial charge in [0.15, 0.2) is 0 Å². The molecule has 2 atom stereocenters. The van der Waals surface area contributed by atoms with Crippen molar-refractivity contribution in [2.45, 2.75) is 32.4 Å². The van der Waals surface area contributed by atoms with E-state index >= 15 is 0 Å². The van der Waals surface area contributed by atoms with E-state index in [-0.39, 0.29) is 23.8 Å². The number of rotatable bonds is 6. The van der Waals surface area contributed by atoms with Gasteiger partial charge in [-0.3, -0.25) is 9.59 Å². The van der Waals surface area contributed by atoms with Crippen molar-refractivity contribution >= 4 is 11.8 Å². The zero-order chi connectivity index (χ0) is 20.1. The fourth-order valence-corrected chi connectivity index (χ4v) is 4.01. The van der Waals surface area contributed by atoms with Crippen LogP contribution in [0.4, 0.5) is 0 Å². The molecule has 1 heterocycles. The molecule has 1 aliphatic heterocycles. The first kappa shape index (κ1) is 19.9. The number of likely N-dealkylation sites (tertiary alicyclic amines) is 1. The zero-order valence-corrected chi connectivity index (χ0v) is 16.8. The fourth-order valence-electron chi connectivity index (χ4n) is 4.01. The van der Waals surface area contributed by atoms with E-state index in [2.05, 4.69) is 0 Å². The predicted molar refractivity (Wildman–Crippen MR) is 109 cm³/mol. The Hall–Kier alpha value is -2.82. The van der Waals surface area contributed by atoms with E-state index < -0.39 is 0 Å². The van der Waals surface area contributed by atoms with Crippen molar-refractivity contribution in [1.29, 1.82) is 0 Å². The first-order valence-corrected chi connectivity index (χ1v) is 9.77. The maximum Gasteiger partial charge on any atom is 0.228 e. The lowest BCUT2D eigenvalue weighted by molar-refractivity contribution is -0.147. The predicted octanol–water partition coefficient (Wildman–Crippen LogP) is 3.65. The highest BCUT2D eigenvalue weighted by molar-refractivity contribution is 5.85. The second kappa shape index (κ2) is 8.91. The lowest BCUT2D eigenvalue weighted by Crippen LogP contribution is -2.48. The van der Waals surface area contributed by atoms with Gasteiger partial charge in [-0.1, -0.05) is 42.5 Å². The van der Waals surface area contributed by atoms with Gasteiger partial charge in [0.05, 0.1) is 19.1 Å². The highest BCUT2D eigenvalue weighted by Crippen LogP contribution is 2.37. The Kier molecular flexibility index (Phi) is 6.34. The minimum Gasteiger partial charge on any atom is -0.497 e. The van der Waals surface area contributed by atoms with Gasteiger partial charge >= 0.3 is 0 Å². The van der Waals surface area contributed by atoms with Gasteiger partial charge < -0.3 is 14.5 Å². The number of ether oxygens (including phenoxy) is 1. The van der Waals surface area contributed by atoms with E-state index in [0.717, 1.165) is 16.9 Å². The van der Waals surface area contributed by atoms with Crippen LogP contribution in [-0.2, 0) is 16.1 Å². The van der Waals surface area contributed by atoms with Crippen molar-refractivity contribution in [3.8, 4) is 5.75 Å². The van der Waals surface area contributed by atoms with Crippen LogP contribution in [-0.4, -0.2) is 42.3 Å². The maximum atomic E-state index is 13.3. The summed E-state index contributed by atoms with van der Waals surface area (Å²) >= 11 is 0. The molecule has 1 saturated heterocycles. The summed E-state index contributed by atoms with van der Waals surface area (Å²) in [4.78, 5) is 29.4. The molecule has 0 radical (unpaired) electrons. The van der Waals surface area contributed by atoms with Crippen LogP contribution >= 0.6 is 0 Å². The van der Waals surface area contributed by atoms with Crippen molar-refractivity contribution in [2.24, 2.45) is 5.92 Å². The standard InChI is InChI=1S/C23H28N2O3/c1-4-25-21(26)15-14-20(22(25)18-8-6-5-7-9-18)23(27)24(2)16-17-10-12-19(28-3)13-11-17/h5-13,20,22H,4,14-16H2,1-3H3/t20-,22+/m1/s1. The average molecular weight is 380 g/mol. The first-order valence-electron chi connectivity index (χ1n) is 9.77. The van der Waals surface area contributed by atoms with Gasteiger partial charge in [-0.05, 0) is 36.6 Å². The van der Waals surface area contributed by atoms with Crippen molar-refractivity contribution in [3.63, 3.8) is 0 Å². The topological polar surface area (TPSA) is 49.9 Å². The molecule has 1 fully saturated rings. The van der Waals surface area contributed by atoms with E-state index in [1.165, 1.54) is 0 Å². The van der Waals surface area contributed by atoms with Crippen molar-refractivity contribution < 1.29 is 14.3 Å². The summed E-state index contributed by atoms with van der Waals surface area (Å²) in [6.45, 7) is 3.10. The summed E-state index contributed by atoms with van der Waals surface area (Å²) in [6, 6.07) is 17.4. The molecule has 1 aliphatic rings. The van der Waals surface area contributed by atoms with Crippen LogP contribution in [0.15, 0.2) is 54.6 Å². The number of methoxy groups -OCH3 is 1. The number of hydrogen-bond acceptors (Lipinski definition) is 3. The minimum atomic E-state index is -0.233. The smallest absolute Gasteiger partial charge is 0.228 e. The van der Waals surface area contributed by atoms with Crippen LogP contribution in [0.1, 0.15) is 36.9 Å². The molecule has 0 spiro atoms. The summed E-state index contributed by atoms with van der Waals surface area (Å²) in [7, 11) is 3.47. The van der Waals surface area contributed by atoms with E-state index in [1.807, 2.05) is 73.5 Å². The number of carbonyl (C=O) groups is 2. The van der Waals surface area contributed by atoms with Crippen LogP contribution in [0, 0.1) is 5.92 Å². The number of hydrogen-bond donors (Lipinski definition) is 0. The second-order valence-electron chi connectivity index (χ2n) is 7.22. The molecule has 2 amide bonds. The third kappa shape index (κ3) is 4.19. The van der Waals surface area contributed by atoms with Crippen LogP contribution in [0.3, 0.4) is 0 Å². The highest BCUT2D eigenvalue weighted by atomic mass is 16.5. The number of piperidine rings is 1. The van der Waals surface area contributed by atoms with Gasteiger partial charge in [-0.25, -0.2) is 0 Å². The number of benzene rings is 2. The summed E-state index contributed by atoms with van der Waals surface area (Å²) < 4.78 is 5.20. The summed E-state index contributed by atoms with van der Waals surface area (Å²) in [6.07, 6.45) is 1.00. The quantitative estimate of drug-likeness (QED) is 0.769. The second-order valence-corrected chi connectivity index (χ2v) is 7.22. The molecule has 3 rings (SSSR count). The van der Waals surface area contributed by atoms with E-state index in [1.54, 1.807) is 12.0 Å². The summed E-state index contributed by atoms with van der Waals surface area (Å²) in [5.41, 5.74) is 2.07. The van der Waals surface area contributed by atoms with E-state index in [0.29, 0.717) is 25.9 Å². The Morgan fingerprint density at radius 2 is 1.82 bits per heavy atom. The molecule has 2 aromatic carbocycles. The molecular formula is C23H28N2O3. The molecule has 5 nitrogen and oxygen atoms in total. The normalized spacial score (nSPS) is 19.4. The lowest BCUT2D eigenvalue weighted by atomic mass is 9.83. The molecule has 0 aliphatic carbocycles. The molecule has 0 bridgehead atoms. The van der Waals surface area contributed by atoms with Crippen LogP contribution < -0.4 is 4.74 Å². The first-order chi connectivity index (χ1) is 13.5. The van der Waals surface area contributed by atoms with E-state index in [4.69, 9.17) is 4.74 Å². The number of nitrogens with zero attached hydrogens (tertiary/aromatic N) is 2. The Balaban J connectivity index is 1.81. The average Bonchev–Trinajstić information content (AvgIpc) is 2.74. The largest absolute Gasteiger partial charge is 0.497 e. The lowest BCUT2D eigenvalue weighted by Gasteiger charge is -2.41. The Morgan fingerprint density at radius 1 is 1.14 bits per heavy atom. The molecule has 0 saturated carbocycles. The molecular weight excluding hydrogens is 352 g/mol. The SMILES string of the molecule is CCN1C(=O)CC[C@@H](C(=O)N(C)Cc2ccc(OC)cc2)[C@@H]1c1ccccc1. The van der Waals surface area contributed by atoms with Crippen molar-refractivity contribution in [3.05, 3.63) is 65.7 Å². The van der Waals surface area contributed by atoms with Gasteiger partial charge in [-0.2, -0.15) is 0 Å². The van der Waals surface area contributed by atoms with Crippen LogP contribution in [0.2, 0.25) is 0 Å². The third-order valence-corrected chi connectivity index (χ3v) is 5.46. The molecule has 0 aromatic heterocycles. The summed E-state index contributed by atoms with van der Waals surface area (Å²) in [5.74, 6) is 0.767. The third-order valence-electron chi connectivity index (χ3n) is 5.46. The molecule has 5 heteroatoms. The zero-order valence-electron chi connectivity index (χ0n) is 16.8. The van der Waals surface area contributed by atoms with Crippen LogP contribution in [0.5, 0.6) is 5.75 Å². The van der Waals surface area contributed by atoms with Crippen molar-refractivity contribution in [2.75, 3.05) is 20.7 Å². The van der Waals surface area contributed by atoms with Crippen molar-refractivity contribution in [1.82, 2.24) is 9.80 Å². The van der Waals surface area contributed by atoms with E-state index in [9.17, 15) is 9.59 Å². The Morgan fingerprint density at radius 3 is 2.43 bits per heavy atom. The number of amides is 2. The fraction of sp³-hybridized carbons (Fsp3) is 0.391. The maximum absolute atomic E-state index is 13.3. The number of carbonyl (C=O) groups excluding carboxylic acids is 2.